The lowest BCUT2D eigenvalue weighted by Crippen LogP contribution is -2.36. The number of rotatable bonds is 6. The van der Waals surface area contributed by atoms with Gasteiger partial charge >= 0.3 is 0 Å². The highest BCUT2D eigenvalue weighted by Gasteiger charge is 2.13. The highest BCUT2D eigenvalue weighted by Crippen LogP contribution is 2.29. The summed E-state index contributed by atoms with van der Waals surface area (Å²) in [7, 11) is 0. The molecule has 4 rings (SSSR count). The van der Waals surface area contributed by atoms with Gasteiger partial charge in [0.05, 0.1) is 13.2 Å². The molecule has 1 N–H and O–H groups in total. The largest absolute Gasteiger partial charge is 0.488 e. The van der Waals surface area contributed by atoms with E-state index in [0.717, 1.165) is 55.3 Å². The van der Waals surface area contributed by atoms with Gasteiger partial charge in [-0.15, -0.1) is 0 Å². The van der Waals surface area contributed by atoms with Gasteiger partial charge in [-0.3, -0.25) is 9.69 Å². The van der Waals surface area contributed by atoms with Crippen molar-refractivity contribution < 1.29 is 14.3 Å². The molecule has 0 aliphatic carbocycles. The second-order valence-electron chi connectivity index (χ2n) is 7.40. The van der Waals surface area contributed by atoms with Crippen molar-refractivity contribution in [1.82, 2.24) is 10.2 Å². The summed E-state index contributed by atoms with van der Waals surface area (Å²) in [5.74, 6) is 0.673. The van der Waals surface area contributed by atoms with Gasteiger partial charge < -0.3 is 14.8 Å². The first-order chi connectivity index (χ1) is 14.7. The van der Waals surface area contributed by atoms with Crippen LogP contribution < -0.4 is 10.1 Å². The second-order valence-corrected chi connectivity index (χ2v) is 7.83. The van der Waals surface area contributed by atoms with Crippen molar-refractivity contribution in [2.75, 3.05) is 32.9 Å². The number of nitrogens with zero attached hydrogens (tertiary/aromatic N) is 1. The molecule has 2 aliphatic rings. The van der Waals surface area contributed by atoms with Gasteiger partial charge in [0.25, 0.3) is 0 Å². The van der Waals surface area contributed by atoms with E-state index < -0.39 is 0 Å². The molecule has 2 aromatic carbocycles. The predicted octanol–water partition coefficient (Wildman–Crippen LogP) is 3.82. The molecule has 30 heavy (non-hydrogen) atoms. The number of nitrogens with one attached hydrogen (secondary N) is 1. The number of fused-ring (bicyclic) bond motifs is 1. The van der Waals surface area contributed by atoms with E-state index in [1.807, 2.05) is 30.3 Å². The minimum atomic E-state index is -0.131. The number of amides is 1. The van der Waals surface area contributed by atoms with Crippen molar-refractivity contribution >= 4 is 23.6 Å². The van der Waals surface area contributed by atoms with Gasteiger partial charge in [0, 0.05) is 42.8 Å². The highest BCUT2D eigenvalue weighted by atomic mass is 35.5. The second kappa shape index (κ2) is 9.94. The van der Waals surface area contributed by atoms with Crippen LogP contribution in [-0.2, 0) is 22.6 Å². The maximum Gasteiger partial charge on any atom is 0.244 e. The van der Waals surface area contributed by atoms with Crippen LogP contribution >= 0.6 is 11.6 Å². The lowest BCUT2D eigenvalue weighted by Gasteiger charge is -2.27. The number of hydrogen-bond donors (Lipinski definition) is 1. The summed E-state index contributed by atoms with van der Waals surface area (Å²) in [6, 6.07) is 13.8. The van der Waals surface area contributed by atoms with Crippen LogP contribution in [0.2, 0.25) is 5.02 Å². The Morgan fingerprint density at radius 2 is 1.93 bits per heavy atom. The number of morpholine rings is 1. The van der Waals surface area contributed by atoms with E-state index in [-0.39, 0.29) is 5.91 Å². The lowest BCUT2D eigenvalue weighted by molar-refractivity contribution is -0.116. The molecule has 0 spiro atoms. The zero-order chi connectivity index (χ0) is 20.8. The molecule has 1 saturated heterocycles. The zero-order valence-electron chi connectivity index (χ0n) is 16.8. The van der Waals surface area contributed by atoms with Gasteiger partial charge in [0.1, 0.15) is 12.4 Å². The van der Waals surface area contributed by atoms with E-state index in [4.69, 9.17) is 21.1 Å². The number of carbonyl (C=O) groups is 1. The summed E-state index contributed by atoms with van der Waals surface area (Å²) in [4.78, 5) is 14.7. The standard InChI is InChI=1S/C24H25ClN2O3/c25-22-6-7-23-21(14-22)13-18(17-30-23)5-8-24(28)26-15-19-3-1-2-4-20(19)16-27-9-11-29-12-10-27/h1-8,13-14H,9-12,15-17H2,(H,26,28)/b8-5+. The van der Waals surface area contributed by atoms with Crippen LogP contribution in [0.5, 0.6) is 5.75 Å². The Hall–Kier alpha value is -2.60. The van der Waals surface area contributed by atoms with Crippen molar-refractivity contribution in [3.8, 4) is 5.75 Å². The Balaban J connectivity index is 1.34. The van der Waals surface area contributed by atoms with Crippen molar-refractivity contribution in [3.63, 3.8) is 0 Å². The van der Waals surface area contributed by atoms with Crippen LogP contribution in [0.3, 0.4) is 0 Å². The van der Waals surface area contributed by atoms with E-state index in [2.05, 4.69) is 22.3 Å². The summed E-state index contributed by atoms with van der Waals surface area (Å²) >= 11 is 6.05. The maximum absolute atomic E-state index is 12.3. The normalized spacial score (nSPS) is 16.6. The van der Waals surface area contributed by atoms with E-state index in [9.17, 15) is 4.79 Å². The molecular weight excluding hydrogens is 400 g/mol. The first kappa shape index (κ1) is 20.7. The van der Waals surface area contributed by atoms with Crippen LogP contribution in [0.15, 0.2) is 60.2 Å². The van der Waals surface area contributed by atoms with Gasteiger partial charge in [0.15, 0.2) is 0 Å². The fraction of sp³-hybridized carbons (Fsp3) is 0.292. The first-order valence-electron chi connectivity index (χ1n) is 10.1. The SMILES string of the molecule is O=C(/C=C/C1=Cc2cc(Cl)ccc2OC1)NCc1ccccc1CN1CCOCC1. The monoisotopic (exact) mass is 424 g/mol. The number of hydrogen-bond acceptors (Lipinski definition) is 4. The maximum atomic E-state index is 12.3. The molecule has 0 atom stereocenters. The molecular formula is C24H25ClN2O3. The van der Waals surface area contributed by atoms with E-state index in [1.54, 1.807) is 18.2 Å². The number of benzene rings is 2. The van der Waals surface area contributed by atoms with Gasteiger partial charge in [0.2, 0.25) is 5.91 Å². The molecule has 2 aliphatic heterocycles. The number of carbonyl (C=O) groups excluding carboxylic acids is 1. The minimum Gasteiger partial charge on any atom is -0.488 e. The molecule has 1 amide bonds. The van der Waals surface area contributed by atoms with Gasteiger partial charge in [-0.05, 0) is 41.0 Å². The Kier molecular flexibility index (Phi) is 6.84. The molecule has 0 saturated carbocycles. The van der Waals surface area contributed by atoms with Gasteiger partial charge in [-0.25, -0.2) is 0 Å². The quantitative estimate of drug-likeness (QED) is 0.716. The van der Waals surface area contributed by atoms with Crippen LogP contribution in [0.1, 0.15) is 16.7 Å². The summed E-state index contributed by atoms with van der Waals surface area (Å²) in [6.07, 6.45) is 5.33. The average Bonchev–Trinajstić information content (AvgIpc) is 2.77. The summed E-state index contributed by atoms with van der Waals surface area (Å²) in [5.41, 5.74) is 4.22. The molecule has 2 heterocycles. The Morgan fingerprint density at radius 1 is 1.13 bits per heavy atom. The third-order valence-electron chi connectivity index (χ3n) is 5.22. The lowest BCUT2D eigenvalue weighted by atomic mass is 10.1. The average molecular weight is 425 g/mol. The molecule has 5 nitrogen and oxygen atoms in total. The summed E-state index contributed by atoms with van der Waals surface area (Å²) in [5, 5.41) is 3.65. The molecule has 156 valence electrons. The molecule has 0 unspecified atom stereocenters. The van der Waals surface area contributed by atoms with Crippen LogP contribution in [0.4, 0.5) is 0 Å². The van der Waals surface area contributed by atoms with Crippen LogP contribution in [0.25, 0.3) is 6.08 Å². The van der Waals surface area contributed by atoms with E-state index in [0.29, 0.717) is 18.2 Å². The van der Waals surface area contributed by atoms with Gasteiger partial charge in [-0.2, -0.15) is 0 Å². The Morgan fingerprint density at radius 3 is 2.77 bits per heavy atom. The topological polar surface area (TPSA) is 50.8 Å². The molecule has 6 heteroatoms. The molecule has 2 aromatic rings. The van der Waals surface area contributed by atoms with E-state index >= 15 is 0 Å². The third-order valence-corrected chi connectivity index (χ3v) is 5.46. The Labute approximate surface area is 181 Å². The fourth-order valence-electron chi connectivity index (χ4n) is 3.57. The smallest absolute Gasteiger partial charge is 0.244 e. The highest BCUT2D eigenvalue weighted by molar-refractivity contribution is 6.30. The van der Waals surface area contributed by atoms with Crippen LogP contribution in [-0.4, -0.2) is 43.7 Å². The van der Waals surface area contributed by atoms with Gasteiger partial charge in [-0.1, -0.05) is 41.9 Å². The number of ether oxygens (including phenoxy) is 2. The number of halogens is 1. The fourth-order valence-corrected chi connectivity index (χ4v) is 3.75. The van der Waals surface area contributed by atoms with E-state index in [1.165, 1.54) is 5.56 Å². The summed E-state index contributed by atoms with van der Waals surface area (Å²) < 4.78 is 11.1. The molecule has 0 aromatic heterocycles. The van der Waals surface area contributed by atoms with Crippen molar-refractivity contribution in [1.29, 1.82) is 0 Å². The van der Waals surface area contributed by atoms with Crippen molar-refractivity contribution in [2.24, 2.45) is 0 Å². The zero-order valence-corrected chi connectivity index (χ0v) is 17.5. The minimum absolute atomic E-state index is 0.131. The predicted molar refractivity (Wildman–Crippen MR) is 118 cm³/mol. The van der Waals surface area contributed by atoms with Crippen molar-refractivity contribution in [2.45, 2.75) is 13.1 Å². The molecule has 1 fully saturated rings. The third kappa shape index (κ3) is 5.51. The van der Waals surface area contributed by atoms with Crippen LogP contribution in [0, 0.1) is 0 Å². The Bertz CT molecular complexity index is 965. The first-order valence-corrected chi connectivity index (χ1v) is 10.5. The van der Waals surface area contributed by atoms with Crippen molar-refractivity contribution in [3.05, 3.63) is 81.9 Å². The molecule has 0 bridgehead atoms. The summed E-state index contributed by atoms with van der Waals surface area (Å²) in [6.45, 7) is 5.24. The molecule has 0 radical (unpaired) electrons.